The van der Waals surface area contributed by atoms with Crippen molar-refractivity contribution >= 4 is 21.7 Å². The zero-order valence-electron chi connectivity index (χ0n) is 14.0. The number of sulfonamides is 1. The average molecular weight is 391 g/mol. The first-order valence-corrected chi connectivity index (χ1v) is 8.71. The molecule has 1 aromatic heterocycles. The summed E-state index contributed by atoms with van der Waals surface area (Å²) in [5, 5.41) is 12.3. The van der Waals surface area contributed by atoms with Crippen LogP contribution in [0.25, 0.3) is 0 Å². The van der Waals surface area contributed by atoms with E-state index in [4.69, 9.17) is 0 Å². The van der Waals surface area contributed by atoms with Gasteiger partial charge < -0.3 is 5.11 Å². The number of nitrogens with zero attached hydrogens (tertiary/aromatic N) is 2. The lowest BCUT2D eigenvalue weighted by atomic mass is 9.85. The van der Waals surface area contributed by atoms with Crippen molar-refractivity contribution in [3.8, 4) is 0 Å². The molecule has 1 heterocycles. The molecule has 0 saturated heterocycles. The minimum atomic E-state index is -4.93. The Labute approximate surface area is 147 Å². The summed E-state index contributed by atoms with van der Waals surface area (Å²) in [6.07, 6.45) is -4.17. The molecular weight excluding hydrogens is 375 g/mol. The molecule has 0 amide bonds. The first-order valence-electron chi connectivity index (χ1n) is 7.23. The van der Waals surface area contributed by atoms with E-state index in [-0.39, 0.29) is 5.69 Å². The zero-order chi connectivity index (χ0) is 19.9. The van der Waals surface area contributed by atoms with Crippen LogP contribution in [0.4, 0.5) is 18.9 Å². The van der Waals surface area contributed by atoms with Crippen molar-refractivity contribution in [2.45, 2.75) is 30.3 Å². The van der Waals surface area contributed by atoms with Crippen molar-refractivity contribution in [1.29, 1.82) is 0 Å². The van der Waals surface area contributed by atoms with Gasteiger partial charge in [-0.2, -0.15) is 18.3 Å². The molecular formula is C15H16F3N3O4S. The van der Waals surface area contributed by atoms with Crippen molar-refractivity contribution in [3.05, 3.63) is 41.7 Å². The zero-order valence-corrected chi connectivity index (χ0v) is 14.8. The Kier molecular flexibility index (Phi) is 4.79. The maximum absolute atomic E-state index is 13.0. The summed E-state index contributed by atoms with van der Waals surface area (Å²) in [5.74, 6) is -1.07. The lowest BCUT2D eigenvalue weighted by Crippen LogP contribution is -2.28. The Hall–Kier alpha value is -2.56. The molecule has 142 valence electrons. The molecule has 11 heteroatoms. The summed E-state index contributed by atoms with van der Waals surface area (Å²) in [4.78, 5) is 10.2. The lowest BCUT2D eigenvalue weighted by Gasteiger charge is -2.20. The van der Waals surface area contributed by atoms with E-state index >= 15 is 0 Å². The average Bonchev–Trinajstić information content (AvgIpc) is 2.90. The quantitative estimate of drug-likeness (QED) is 0.816. The molecule has 7 nitrogen and oxygen atoms in total. The van der Waals surface area contributed by atoms with E-state index in [1.807, 2.05) is 4.72 Å². The maximum Gasteiger partial charge on any atom is 0.436 e. The Morgan fingerprint density at radius 1 is 1.19 bits per heavy atom. The fourth-order valence-electron chi connectivity index (χ4n) is 2.15. The number of carbonyl (C=O) groups is 1. The Morgan fingerprint density at radius 3 is 2.19 bits per heavy atom. The second-order valence-corrected chi connectivity index (χ2v) is 7.78. The molecule has 0 aliphatic carbocycles. The van der Waals surface area contributed by atoms with Gasteiger partial charge in [-0.1, -0.05) is 12.1 Å². The van der Waals surface area contributed by atoms with Crippen molar-refractivity contribution < 1.29 is 31.5 Å². The summed E-state index contributed by atoms with van der Waals surface area (Å²) >= 11 is 0. The highest BCUT2D eigenvalue weighted by molar-refractivity contribution is 7.92. The molecule has 2 N–H and O–H groups in total. The number of aromatic nitrogens is 2. The van der Waals surface area contributed by atoms with Gasteiger partial charge in [-0.15, -0.1) is 0 Å². The third-order valence-electron chi connectivity index (χ3n) is 3.75. The SMILES string of the molecule is Cn1cc(S(=O)(=O)Nc2ccc(C(C)(C)C(=O)O)cc2)c(C(F)(F)F)n1. The minimum absolute atomic E-state index is 0.00748. The number of aliphatic carboxylic acids is 1. The fourth-order valence-corrected chi connectivity index (χ4v) is 3.41. The molecule has 0 atom stereocenters. The fraction of sp³-hybridized carbons (Fsp3) is 0.333. The van der Waals surface area contributed by atoms with Gasteiger partial charge in [0, 0.05) is 18.9 Å². The molecule has 0 bridgehead atoms. The third-order valence-corrected chi connectivity index (χ3v) is 5.13. The second-order valence-electron chi connectivity index (χ2n) is 6.13. The number of carboxylic acids is 1. The number of nitrogens with one attached hydrogen (secondary N) is 1. The number of alkyl halides is 3. The summed E-state index contributed by atoms with van der Waals surface area (Å²) in [5.41, 5.74) is -2.32. The molecule has 0 fully saturated rings. The van der Waals surface area contributed by atoms with Crippen LogP contribution < -0.4 is 4.72 Å². The molecule has 0 spiro atoms. The van der Waals surface area contributed by atoms with Crippen LogP contribution in [0.5, 0.6) is 0 Å². The molecule has 0 aliphatic rings. The molecule has 1 aromatic carbocycles. The molecule has 0 saturated carbocycles. The number of hydrogen-bond acceptors (Lipinski definition) is 4. The van der Waals surface area contributed by atoms with Gasteiger partial charge in [-0.3, -0.25) is 14.2 Å². The molecule has 0 aliphatic heterocycles. The summed E-state index contributed by atoms with van der Waals surface area (Å²) in [6, 6.07) is 5.34. The van der Waals surface area contributed by atoms with Crippen LogP contribution in [0, 0.1) is 0 Å². The van der Waals surface area contributed by atoms with Gasteiger partial charge in [0.15, 0.2) is 5.69 Å². The van der Waals surface area contributed by atoms with Crippen LogP contribution in [-0.4, -0.2) is 29.3 Å². The minimum Gasteiger partial charge on any atom is -0.481 e. The van der Waals surface area contributed by atoms with Crippen molar-refractivity contribution in [2.24, 2.45) is 7.05 Å². The van der Waals surface area contributed by atoms with Crippen LogP contribution in [0.1, 0.15) is 25.1 Å². The van der Waals surface area contributed by atoms with Crippen LogP contribution >= 0.6 is 0 Å². The smallest absolute Gasteiger partial charge is 0.436 e. The number of benzene rings is 1. The maximum atomic E-state index is 13.0. The summed E-state index contributed by atoms with van der Waals surface area (Å²) in [7, 11) is -3.36. The van der Waals surface area contributed by atoms with Gasteiger partial charge in [-0.05, 0) is 31.5 Å². The van der Waals surface area contributed by atoms with Gasteiger partial charge in [-0.25, -0.2) is 8.42 Å². The number of anilines is 1. The van der Waals surface area contributed by atoms with E-state index in [2.05, 4.69) is 5.10 Å². The van der Waals surface area contributed by atoms with E-state index in [9.17, 15) is 31.5 Å². The number of aryl methyl sites for hydroxylation is 1. The Morgan fingerprint density at radius 2 is 1.73 bits per heavy atom. The predicted octanol–water partition coefficient (Wildman–Crippen LogP) is 2.60. The second kappa shape index (κ2) is 6.31. The first kappa shape index (κ1) is 19.8. The van der Waals surface area contributed by atoms with Crippen molar-refractivity contribution in [2.75, 3.05) is 4.72 Å². The van der Waals surface area contributed by atoms with E-state index in [1.54, 1.807) is 0 Å². The summed E-state index contributed by atoms with van der Waals surface area (Å²) < 4.78 is 66.3. The highest BCUT2D eigenvalue weighted by Gasteiger charge is 2.41. The molecule has 2 rings (SSSR count). The lowest BCUT2D eigenvalue weighted by molar-refractivity contribution is -0.144. The van der Waals surface area contributed by atoms with Crippen LogP contribution in [0.2, 0.25) is 0 Å². The Bertz CT molecular complexity index is 932. The van der Waals surface area contributed by atoms with E-state index < -0.39 is 38.2 Å². The highest BCUT2D eigenvalue weighted by atomic mass is 32.2. The van der Waals surface area contributed by atoms with Crippen molar-refractivity contribution in [3.63, 3.8) is 0 Å². The molecule has 2 aromatic rings. The van der Waals surface area contributed by atoms with E-state index in [0.717, 1.165) is 10.9 Å². The third kappa shape index (κ3) is 3.82. The van der Waals surface area contributed by atoms with Crippen molar-refractivity contribution in [1.82, 2.24) is 9.78 Å². The van der Waals surface area contributed by atoms with E-state index in [1.165, 1.54) is 45.2 Å². The van der Waals surface area contributed by atoms with Crippen LogP contribution in [0.15, 0.2) is 35.4 Å². The van der Waals surface area contributed by atoms with Gasteiger partial charge in [0.05, 0.1) is 5.41 Å². The number of halogens is 3. The largest absolute Gasteiger partial charge is 0.481 e. The van der Waals surface area contributed by atoms with Gasteiger partial charge in [0.2, 0.25) is 0 Å². The topological polar surface area (TPSA) is 101 Å². The number of carboxylic acid groups (broad SMARTS) is 1. The summed E-state index contributed by atoms with van der Waals surface area (Å²) in [6.45, 7) is 2.94. The highest BCUT2D eigenvalue weighted by Crippen LogP contribution is 2.33. The molecule has 0 radical (unpaired) electrons. The normalized spacial score (nSPS) is 12.8. The Balaban J connectivity index is 2.36. The first-order chi connectivity index (χ1) is 11.7. The van der Waals surface area contributed by atoms with Gasteiger partial charge >= 0.3 is 12.1 Å². The van der Waals surface area contributed by atoms with E-state index in [0.29, 0.717) is 5.56 Å². The molecule has 0 unspecified atom stereocenters. The monoisotopic (exact) mass is 391 g/mol. The number of rotatable bonds is 5. The van der Waals surface area contributed by atoms with Crippen LogP contribution in [-0.2, 0) is 33.5 Å². The van der Waals surface area contributed by atoms with Crippen LogP contribution in [0.3, 0.4) is 0 Å². The molecule has 26 heavy (non-hydrogen) atoms. The van der Waals surface area contributed by atoms with Gasteiger partial charge in [0.25, 0.3) is 10.0 Å². The van der Waals surface area contributed by atoms with Gasteiger partial charge in [0.1, 0.15) is 4.90 Å². The number of hydrogen-bond donors (Lipinski definition) is 2. The predicted molar refractivity (Wildman–Crippen MR) is 86.1 cm³/mol. The standard InChI is InChI=1S/C15H16F3N3O4S/c1-14(2,13(22)23)9-4-6-10(7-5-9)20-26(24,25)11-8-21(3)19-12(11)15(16,17)18/h4-8,20H,1-3H3,(H,22,23).